The SMILES string of the molecule is Cl.O=C1Nc2ccc(CN3C(=O)CC[S+]3[O-])cc2C1=Cc1c[nH]c(CN2C[C@H]3C[C@H]3C2)c1. The van der Waals surface area contributed by atoms with Gasteiger partial charge in [-0.15, -0.1) is 12.4 Å². The van der Waals surface area contributed by atoms with Crippen LogP contribution in [0.3, 0.4) is 0 Å². The highest BCUT2D eigenvalue weighted by molar-refractivity contribution is 7.90. The lowest BCUT2D eigenvalue weighted by Crippen LogP contribution is -2.29. The first-order chi connectivity index (χ1) is 15.0. The molecular weight excluding hydrogens is 448 g/mol. The first-order valence-electron chi connectivity index (χ1n) is 10.8. The number of amides is 2. The largest absolute Gasteiger partial charge is 0.593 e. The van der Waals surface area contributed by atoms with Gasteiger partial charge in [-0.25, -0.2) is 0 Å². The van der Waals surface area contributed by atoms with Gasteiger partial charge < -0.3 is 14.9 Å². The lowest BCUT2D eigenvalue weighted by Gasteiger charge is -2.17. The van der Waals surface area contributed by atoms with E-state index >= 15 is 0 Å². The normalized spacial score (nSPS) is 27.5. The van der Waals surface area contributed by atoms with Gasteiger partial charge >= 0.3 is 0 Å². The molecule has 3 fully saturated rings. The fourth-order valence-corrected chi connectivity index (χ4v) is 6.17. The summed E-state index contributed by atoms with van der Waals surface area (Å²) in [5, 5.41) is 2.92. The van der Waals surface area contributed by atoms with E-state index in [1.165, 1.54) is 23.8 Å². The number of fused-ring (bicyclic) bond motifs is 2. The molecule has 0 spiro atoms. The van der Waals surface area contributed by atoms with Crippen molar-refractivity contribution in [3.63, 3.8) is 0 Å². The van der Waals surface area contributed by atoms with Gasteiger partial charge in [-0.1, -0.05) is 6.07 Å². The molecule has 1 aromatic carbocycles. The molecule has 2 N–H and O–H groups in total. The molecule has 7 nitrogen and oxygen atoms in total. The highest BCUT2D eigenvalue weighted by Gasteiger charge is 2.44. The number of aromatic nitrogens is 1. The predicted octanol–water partition coefficient (Wildman–Crippen LogP) is 2.78. The number of benzene rings is 1. The minimum absolute atomic E-state index is 0. The maximum atomic E-state index is 12.6. The molecule has 9 heteroatoms. The maximum absolute atomic E-state index is 12.6. The molecule has 6 rings (SSSR count). The Morgan fingerprint density at radius 3 is 2.72 bits per heavy atom. The number of hydrogen-bond acceptors (Lipinski definition) is 4. The number of anilines is 1. The third-order valence-corrected chi connectivity index (χ3v) is 8.11. The van der Waals surface area contributed by atoms with Gasteiger partial charge in [0.05, 0.1) is 24.3 Å². The summed E-state index contributed by atoms with van der Waals surface area (Å²) in [6.07, 6.45) is 5.58. The van der Waals surface area contributed by atoms with Crippen LogP contribution < -0.4 is 5.32 Å². The number of piperidine rings is 1. The Hall–Kier alpha value is -2.26. The number of aromatic amines is 1. The number of halogens is 1. The summed E-state index contributed by atoms with van der Waals surface area (Å²) in [6.45, 7) is 3.61. The van der Waals surface area contributed by atoms with E-state index in [0.29, 0.717) is 24.3 Å². The summed E-state index contributed by atoms with van der Waals surface area (Å²) in [5.74, 6) is 2.01. The Balaban J connectivity index is 0.00000216. The van der Waals surface area contributed by atoms with Crippen molar-refractivity contribution in [2.45, 2.75) is 25.9 Å². The van der Waals surface area contributed by atoms with Crippen molar-refractivity contribution in [1.29, 1.82) is 0 Å². The topological polar surface area (TPSA) is 91.5 Å². The molecule has 168 valence electrons. The third-order valence-electron chi connectivity index (χ3n) is 6.73. The Morgan fingerprint density at radius 1 is 1.16 bits per heavy atom. The second kappa shape index (κ2) is 8.26. The summed E-state index contributed by atoms with van der Waals surface area (Å²) in [7, 11) is 0. The summed E-state index contributed by atoms with van der Waals surface area (Å²) >= 11 is -1.26. The van der Waals surface area contributed by atoms with Crippen LogP contribution in [0, 0.1) is 11.8 Å². The standard InChI is InChI=1S/C23H24N4O3S.ClH/c28-22-3-4-31(30)27(22)10-14-1-2-21-19(6-14)20(23(29)25-21)7-15-5-18(24-9-15)13-26-11-16-8-17(16)12-26;/h1-2,5-7,9,16-17,24H,3-4,8,10-13H2,(H,25,29);1H/t16-,17+,31?;. The van der Waals surface area contributed by atoms with E-state index in [9.17, 15) is 14.1 Å². The molecular formula is C23H25ClN4O3S. The second-order valence-corrected chi connectivity index (χ2v) is 10.5. The van der Waals surface area contributed by atoms with Gasteiger partial charge in [-0.3, -0.25) is 14.5 Å². The van der Waals surface area contributed by atoms with E-state index < -0.39 is 11.4 Å². The fourth-order valence-electron chi connectivity index (χ4n) is 4.99. The molecule has 32 heavy (non-hydrogen) atoms. The zero-order valence-electron chi connectivity index (χ0n) is 17.5. The Bertz CT molecular complexity index is 1110. The molecule has 2 saturated heterocycles. The van der Waals surface area contributed by atoms with E-state index in [1.807, 2.05) is 30.5 Å². The van der Waals surface area contributed by atoms with E-state index in [1.54, 1.807) is 0 Å². The third kappa shape index (κ3) is 3.96. The number of likely N-dealkylation sites (tertiary alicyclic amines) is 1. The molecule has 1 unspecified atom stereocenters. The van der Waals surface area contributed by atoms with E-state index in [4.69, 9.17) is 0 Å². The molecule has 1 saturated carbocycles. The number of carbonyl (C=O) groups is 2. The maximum Gasteiger partial charge on any atom is 0.269 e. The van der Waals surface area contributed by atoms with Gasteiger partial charge in [0.2, 0.25) is 0 Å². The average molecular weight is 473 g/mol. The van der Waals surface area contributed by atoms with Crippen LogP contribution in [0.25, 0.3) is 11.6 Å². The lowest BCUT2D eigenvalue weighted by atomic mass is 10.0. The van der Waals surface area contributed by atoms with Crippen molar-refractivity contribution in [1.82, 2.24) is 14.2 Å². The first-order valence-corrected chi connectivity index (χ1v) is 12.1. The van der Waals surface area contributed by atoms with Crippen LogP contribution in [0.1, 0.15) is 35.2 Å². The number of H-pyrrole nitrogens is 1. The molecule has 1 aliphatic carbocycles. The zero-order valence-corrected chi connectivity index (χ0v) is 19.1. The molecule has 0 radical (unpaired) electrons. The van der Waals surface area contributed by atoms with Crippen LogP contribution in [-0.2, 0) is 34.0 Å². The summed E-state index contributed by atoms with van der Waals surface area (Å²) in [6, 6.07) is 7.76. The van der Waals surface area contributed by atoms with E-state index in [-0.39, 0.29) is 24.2 Å². The molecule has 2 amide bonds. The van der Waals surface area contributed by atoms with E-state index in [0.717, 1.165) is 46.5 Å². The van der Waals surface area contributed by atoms with Crippen molar-refractivity contribution < 1.29 is 14.1 Å². The average Bonchev–Trinajstić information content (AvgIpc) is 3.10. The molecule has 4 heterocycles. The highest BCUT2D eigenvalue weighted by Crippen LogP contribution is 2.45. The molecule has 2 aromatic rings. The Kier molecular flexibility index (Phi) is 5.57. The lowest BCUT2D eigenvalue weighted by molar-refractivity contribution is -0.125. The van der Waals surface area contributed by atoms with Crippen molar-refractivity contribution in [3.05, 3.63) is 52.8 Å². The van der Waals surface area contributed by atoms with Gasteiger partial charge in [0.25, 0.3) is 11.8 Å². The Morgan fingerprint density at radius 2 is 1.97 bits per heavy atom. The molecule has 3 atom stereocenters. The second-order valence-electron chi connectivity index (χ2n) is 9.01. The van der Waals surface area contributed by atoms with Gasteiger partial charge in [0.15, 0.2) is 0 Å². The molecule has 4 aliphatic rings. The van der Waals surface area contributed by atoms with Crippen LogP contribution in [0.4, 0.5) is 5.69 Å². The van der Waals surface area contributed by atoms with Gasteiger partial charge in [0, 0.05) is 48.3 Å². The number of nitrogens with one attached hydrogen (secondary N) is 2. The van der Waals surface area contributed by atoms with Crippen molar-refractivity contribution in [3.8, 4) is 0 Å². The monoisotopic (exact) mass is 472 g/mol. The predicted molar refractivity (Wildman–Crippen MR) is 126 cm³/mol. The van der Waals surface area contributed by atoms with Crippen LogP contribution >= 0.6 is 12.4 Å². The zero-order chi connectivity index (χ0) is 21.1. The summed E-state index contributed by atoms with van der Waals surface area (Å²) in [4.78, 5) is 30.4. The molecule has 3 aliphatic heterocycles. The smallest absolute Gasteiger partial charge is 0.269 e. The minimum atomic E-state index is -1.26. The van der Waals surface area contributed by atoms with Gasteiger partial charge in [0.1, 0.15) is 5.75 Å². The first kappa shape index (κ1) is 21.6. The van der Waals surface area contributed by atoms with Crippen LogP contribution in [0.15, 0.2) is 30.5 Å². The van der Waals surface area contributed by atoms with Crippen molar-refractivity contribution in [2.24, 2.45) is 11.8 Å². The van der Waals surface area contributed by atoms with Crippen molar-refractivity contribution >= 4 is 52.9 Å². The van der Waals surface area contributed by atoms with Gasteiger partial charge in [-0.05, 0) is 53.7 Å². The molecule has 1 aromatic heterocycles. The minimum Gasteiger partial charge on any atom is -0.593 e. The van der Waals surface area contributed by atoms with Crippen molar-refractivity contribution in [2.75, 3.05) is 24.2 Å². The van der Waals surface area contributed by atoms with Crippen LogP contribution in [0.2, 0.25) is 0 Å². The van der Waals surface area contributed by atoms with Crippen LogP contribution in [-0.4, -0.2) is 49.4 Å². The number of nitrogens with zero attached hydrogens (tertiary/aromatic N) is 2. The summed E-state index contributed by atoms with van der Waals surface area (Å²) < 4.78 is 13.5. The molecule has 0 bridgehead atoms. The number of rotatable bonds is 5. The Labute approximate surface area is 196 Å². The van der Waals surface area contributed by atoms with E-state index in [2.05, 4.69) is 21.3 Å². The van der Waals surface area contributed by atoms with Gasteiger partial charge in [-0.2, -0.15) is 4.31 Å². The fraction of sp³-hybridized carbons (Fsp3) is 0.391. The number of hydrogen-bond donors (Lipinski definition) is 2. The quantitative estimate of drug-likeness (QED) is 0.517. The summed E-state index contributed by atoms with van der Waals surface area (Å²) in [5.41, 5.74) is 5.20. The highest BCUT2D eigenvalue weighted by atomic mass is 35.5. The number of carbonyl (C=O) groups excluding carboxylic acids is 2. The van der Waals surface area contributed by atoms with Crippen LogP contribution in [0.5, 0.6) is 0 Å².